The maximum Gasteiger partial charge on any atom is 0.408 e. The van der Waals surface area contributed by atoms with Crippen molar-refractivity contribution in [3.05, 3.63) is 29.4 Å². The molecule has 0 aliphatic heterocycles. The third-order valence-electron chi connectivity index (χ3n) is 3.38. The van der Waals surface area contributed by atoms with Crippen molar-refractivity contribution < 1.29 is 26.3 Å². The summed E-state index contributed by atoms with van der Waals surface area (Å²) in [4.78, 5) is 11.7. The number of nitrogens with one attached hydrogen (secondary N) is 2. The Morgan fingerprint density at radius 2 is 1.33 bits per heavy atom. The molecule has 27 heavy (non-hydrogen) atoms. The van der Waals surface area contributed by atoms with Crippen LogP contribution >= 0.6 is 11.6 Å². The highest BCUT2D eigenvalue weighted by Crippen LogP contribution is 2.27. The Hall–Kier alpha value is -2.30. The monoisotopic (exact) mass is 413 g/mol. The van der Waals surface area contributed by atoms with E-state index in [1.807, 2.05) is 0 Å². The molecular formula is C15H14ClF6N5. The molecule has 2 atom stereocenters. The second kappa shape index (κ2) is 7.75. The molecule has 0 aromatic carbocycles. The van der Waals surface area contributed by atoms with Gasteiger partial charge >= 0.3 is 12.4 Å². The van der Waals surface area contributed by atoms with E-state index in [1.54, 1.807) is 0 Å². The predicted octanol–water partition coefficient (Wildman–Crippen LogP) is 4.92. The maximum absolute atomic E-state index is 12.8. The van der Waals surface area contributed by atoms with Gasteiger partial charge in [0.2, 0.25) is 0 Å². The van der Waals surface area contributed by atoms with Crippen molar-refractivity contribution >= 4 is 23.2 Å². The van der Waals surface area contributed by atoms with Gasteiger partial charge in [0.25, 0.3) is 0 Å². The van der Waals surface area contributed by atoms with Gasteiger partial charge in [-0.3, -0.25) is 0 Å². The molecule has 0 aliphatic carbocycles. The molecule has 148 valence electrons. The summed E-state index contributed by atoms with van der Waals surface area (Å²) in [5.41, 5.74) is 0.0912. The fourth-order valence-corrected chi connectivity index (χ4v) is 2.01. The molecular weight excluding hydrogens is 400 g/mol. The normalized spacial score (nSPS) is 14.6. The van der Waals surface area contributed by atoms with Crippen LogP contribution in [0, 0.1) is 0 Å². The van der Waals surface area contributed by atoms with Crippen LogP contribution in [0.2, 0.25) is 5.15 Å². The summed E-state index contributed by atoms with van der Waals surface area (Å²) in [6.07, 6.45) is -9.15. The fraction of sp³-hybridized carbons (Fsp3) is 0.400. The number of hydrogen-bond acceptors (Lipinski definition) is 5. The fourth-order valence-electron chi connectivity index (χ4n) is 1.85. The standard InChI is InChI=1S/C15H14ClF6N5/c1-7(14(17,18)19)23-11-6-12(24-8(2)15(20,21)22)27-13(26-11)9-4-3-5-10(16)25-9/h3-8H,1-2H3,(H2,23,24,26,27). The highest BCUT2D eigenvalue weighted by molar-refractivity contribution is 6.29. The highest BCUT2D eigenvalue weighted by atomic mass is 35.5. The van der Waals surface area contributed by atoms with Crippen LogP contribution in [0.25, 0.3) is 11.5 Å². The number of aromatic nitrogens is 3. The van der Waals surface area contributed by atoms with Crippen LogP contribution in [0.5, 0.6) is 0 Å². The lowest BCUT2D eigenvalue weighted by Gasteiger charge is -2.21. The zero-order chi connectivity index (χ0) is 20.4. The molecule has 0 saturated carbocycles. The van der Waals surface area contributed by atoms with E-state index in [4.69, 9.17) is 11.6 Å². The first-order valence-electron chi connectivity index (χ1n) is 7.55. The highest BCUT2D eigenvalue weighted by Gasteiger charge is 2.37. The third kappa shape index (κ3) is 5.84. The van der Waals surface area contributed by atoms with E-state index < -0.39 is 24.4 Å². The van der Waals surface area contributed by atoms with E-state index in [0.29, 0.717) is 0 Å². The molecule has 0 fully saturated rings. The summed E-state index contributed by atoms with van der Waals surface area (Å²) in [6.45, 7) is 1.70. The lowest BCUT2D eigenvalue weighted by atomic mass is 10.3. The van der Waals surface area contributed by atoms with Crippen molar-refractivity contribution in [2.24, 2.45) is 0 Å². The second-order valence-electron chi connectivity index (χ2n) is 5.62. The number of halogens is 7. The first kappa shape index (κ1) is 21.0. The largest absolute Gasteiger partial charge is 0.408 e. The number of anilines is 2. The van der Waals surface area contributed by atoms with Crippen LogP contribution in [-0.2, 0) is 0 Å². The van der Waals surface area contributed by atoms with Gasteiger partial charge in [-0.15, -0.1) is 0 Å². The average Bonchev–Trinajstić information content (AvgIpc) is 2.52. The summed E-state index contributed by atoms with van der Waals surface area (Å²) >= 11 is 5.77. The lowest BCUT2D eigenvalue weighted by Crippen LogP contribution is -2.34. The summed E-state index contributed by atoms with van der Waals surface area (Å²) in [7, 11) is 0. The molecule has 2 aromatic heterocycles. The first-order valence-corrected chi connectivity index (χ1v) is 7.92. The topological polar surface area (TPSA) is 62.7 Å². The summed E-state index contributed by atoms with van der Waals surface area (Å²) < 4.78 is 76.7. The Morgan fingerprint density at radius 1 is 0.852 bits per heavy atom. The minimum atomic E-state index is -4.58. The maximum atomic E-state index is 12.8. The van der Waals surface area contributed by atoms with Crippen LogP contribution in [0.3, 0.4) is 0 Å². The Bertz CT molecular complexity index is 755. The van der Waals surface area contributed by atoms with Gasteiger partial charge in [0, 0.05) is 6.07 Å². The molecule has 0 amide bonds. The molecule has 5 nitrogen and oxygen atoms in total. The van der Waals surface area contributed by atoms with Gasteiger partial charge < -0.3 is 10.6 Å². The SMILES string of the molecule is CC(Nc1cc(NC(C)C(F)(F)F)nc(-c2cccc(Cl)n2)n1)C(F)(F)F. The molecule has 0 saturated heterocycles. The molecule has 0 bridgehead atoms. The molecule has 0 aliphatic rings. The van der Waals surface area contributed by atoms with Gasteiger partial charge in [-0.1, -0.05) is 17.7 Å². The lowest BCUT2D eigenvalue weighted by molar-refractivity contribution is -0.139. The summed E-state index contributed by atoms with van der Waals surface area (Å²) in [6, 6.07) is 1.36. The molecule has 2 rings (SSSR count). The second-order valence-corrected chi connectivity index (χ2v) is 6.01. The van der Waals surface area contributed by atoms with Crippen molar-refractivity contribution in [1.82, 2.24) is 15.0 Å². The summed E-state index contributed by atoms with van der Waals surface area (Å²) in [5.74, 6) is -0.819. The first-order chi connectivity index (χ1) is 12.4. The van der Waals surface area contributed by atoms with Crippen LogP contribution in [0.1, 0.15) is 13.8 Å². The minimum Gasteiger partial charge on any atom is -0.359 e. The molecule has 2 N–H and O–H groups in total. The Morgan fingerprint density at radius 3 is 1.74 bits per heavy atom. The van der Waals surface area contributed by atoms with Crippen molar-refractivity contribution in [1.29, 1.82) is 0 Å². The zero-order valence-electron chi connectivity index (χ0n) is 14.0. The molecule has 2 heterocycles. The van der Waals surface area contributed by atoms with E-state index in [1.165, 1.54) is 18.2 Å². The van der Waals surface area contributed by atoms with E-state index in [9.17, 15) is 26.3 Å². The van der Waals surface area contributed by atoms with Gasteiger partial charge in [-0.25, -0.2) is 15.0 Å². The molecule has 0 radical (unpaired) electrons. The third-order valence-corrected chi connectivity index (χ3v) is 3.59. The Labute approximate surface area is 155 Å². The van der Waals surface area contributed by atoms with Crippen LogP contribution in [0.15, 0.2) is 24.3 Å². The molecule has 2 unspecified atom stereocenters. The van der Waals surface area contributed by atoms with E-state index in [-0.39, 0.29) is 28.3 Å². The van der Waals surface area contributed by atoms with Gasteiger partial charge in [-0.2, -0.15) is 26.3 Å². The van der Waals surface area contributed by atoms with Crippen molar-refractivity contribution in [2.45, 2.75) is 38.3 Å². The van der Waals surface area contributed by atoms with Gasteiger partial charge in [0.15, 0.2) is 5.82 Å². The molecule has 2 aromatic rings. The number of alkyl halides is 6. The van der Waals surface area contributed by atoms with Crippen LogP contribution in [-0.4, -0.2) is 39.4 Å². The van der Waals surface area contributed by atoms with Crippen molar-refractivity contribution in [3.8, 4) is 11.5 Å². The summed E-state index contributed by atoms with van der Waals surface area (Å²) in [5, 5.41) is 4.27. The number of pyridine rings is 1. The average molecular weight is 414 g/mol. The van der Waals surface area contributed by atoms with Crippen molar-refractivity contribution in [2.75, 3.05) is 10.6 Å². The zero-order valence-corrected chi connectivity index (χ0v) is 14.7. The van der Waals surface area contributed by atoms with Gasteiger partial charge in [-0.05, 0) is 26.0 Å². The Kier molecular flexibility index (Phi) is 6.03. The van der Waals surface area contributed by atoms with Crippen LogP contribution < -0.4 is 10.6 Å². The predicted molar refractivity (Wildman–Crippen MR) is 88.6 cm³/mol. The number of hydrogen-bond donors (Lipinski definition) is 2. The van der Waals surface area contributed by atoms with E-state index in [0.717, 1.165) is 19.9 Å². The number of nitrogens with zero attached hydrogens (tertiary/aromatic N) is 3. The smallest absolute Gasteiger partial charge is 0.359 e. The number of rotatable bonds is 5. The minimum absolute atomic E-state index is 0.0660. The van der Waals surface area contributed by atoms with Gasteiger partial charge in [0.1, 0.15) is 34.6 Å². The van der Waals surface area contributed by atoms with E-state index in [2.05, 4.69) is 25.6 Å². The Balaban J connectivity index is 2.44. The van der Waals surface area contributed by atoms with Crippen LogP contribution in [0.4, 0.5) is 38.0 Å². The quantitative estimate of drug-likeness (QED) is 0.538. The van der Waals surface area contributed by atoms with E-state index >= 15 is 0 Å². The van der Waals surface area contributed by atoms with Crippen molar-refractivity contribution in [3.63, 3.8) is 0 Å². The molecule has 0 spiro atoms. The molecule has 12 heteroatoms. The van der Waals surface area contributed by atoms with Gasteiger partial charge in [0.05, 0.1) is 0 Å².